The number of allylic oxidation sites excluding steroid dienone is 7. The standard InChI is InChI=1S/C32H46O4/c1-11-22(6)25(33)32-26(34)24-16-18-29(7,8)36-27(24)30(9,28(32)35)19-23(15-14-21(4)5)31(32,10)17-12-13-20(2)3/h13-14,16,18,22-23H,11-12,15,17,19H2,1-10H3/t22-,23-,30+,31+,32-/m1/s1. The lowest BCUT2D eigenvalue weighted by atomic mass is 9.38. The average Bonchev–Trinajstić information content (AvgIpc) is 2.78. The van der Waals surface area contributed by atoms with Crippen molar-refractivity contribution in [2.75, 3.05) is 0 Å². The second kappa shape index (κ2) is 9.58. The summed E-state index contributed by atoms with van der Waals surface area (Å²) in [4.78, 5) is 43.9. The first-order chi connectivity index (χ1) is 16.6. The number of Topliss-reactive ketones (excluding diaryl/α,β-unsaturated/α-hetero) is 3. The van der Waals surface area contributed by atoms with Crippen LogP contribution in [-0.2, 0) is 19.1 Å². The van der Waals surface area contributed by atoms with Gasteiger partial charge in [-0.3, -0.25) is 14.4 Å². The van der Waals surface area contributed by atoms with Gasteiger partial charge in [0.05, 0.1) is 11.0 Å². The fraction of sp³-hybridized carbons (Fsp3) is 0.656. The van der Waals surface area contributed by atoms with E-state index in [0.717, 1.165) is 12.8 Å². The van der Waals surface area contributed by atoms with E-state index in [1.165, 1.54) is 11.1 Å². The summed E-state index contributed by atoms with van der Waals surface area (Å²) >= 11 is 0. The lowest BCUT2D eigenvalue weighted by Crippen LogP contribution is -2.71. The van der Waals surface area contributed by atoms with Gasteiger partial charge in [-0.1, -0.05) is 44.1 Å². The lowest BCUT2D eigenvalue weighted by molar-refractivity contribution is -0.181. The molecule has 0 unspecified atom stereocenters. The minimum absolute atomic E-state index is 0.0238. The van der Waals surface area contributed by atoms with Gasteiger partial charge in [0.1, 0.15) is 11.4 Å². The molecule has 0 spiro atoms. The van der Waals surface area contributed by atoms with Crippen molar-refractivity contribution in [3.63, 3.8) is 0 Å². The molecule has 3 aliphatic rings. The molecule has 0 N–H and O–H groups in total. The third kappa shape index (κ3) is 4.19. The maximum absolute atomic E-state index is 14.8. The highest BCUT2D eigenvalue weighted by Gasteiger charge is 2.75. The highest BCUT2D eigenvalue weighted by molar-refractivity contribution is 6.34. The van der Waals surface area contributed by atoms with Crippen LogP contribution in [0.3, 0.4) is 0 Å². The van der Waals surface area contributed by atoms with Gasteiger partial charge in [-0.15, -0.1) is 0 Å². The van der Waals surface area contributed by atoms with Crippen LogP contribution < -0.4 is 0 Å². The average molecular weight is 495 g/mol. The fourth-order valence-corrected chi connectivity index (χ4v) is 6.68. The Balaban J connectivity index is 2.38. The molecular weight excluding hydrogens is 448 g/mol. The molecule has 1 aliphatic heterocycles. The number of ether oxygens (including phenoxy) is 1. The lowest BCUT2D eigenvalue weighted by Gasteiger charge is -2.61. The Morgan fingerprint density at radius 2 is 1.69 bits per heavy atom. The first-order valence-corrected chi connectivity index (χ1v) is 13.6. The van der Waals surface area contributed by atoms with Gasteiger partial charge in [-0.05, 0) is 104 Å². The summed E-state index contributed by atoms with van der Waals surface area (Å²) in [7, 11) is 0. The van der Waals surface area contributed by atoms with Crippen LogP contribution >= 0.6 is 0 Å². The van der Waals surface area contributed by atoms with Crippen molar-refractivity contribution in [1.29, 1.82) is 0 Å². The molecule has 36 heavy (non-hydrogen) atoms. The Bertz CT molecular complexity index is 1080. The topological polar surface area (TPSA) is 60.4 Å². The van der Waals surface area contributed by atoms with Crippen molar-refractivity contribution >= 4 is 17.3 Å². The predicted octanol–water partition coefficient (Wildman–Crippen LogP) is 7.49. The molecule has 5 atom stereocenters. The Labute approximate surface area is 218 Å². The third-order valence-corrected chi connectivity index (χ3v) is 9.06. The van der Waals surface area contributed by atoms with Crippen LogP contribution in [0.25, 0.3) is 0 Å². The van der Waals surface area contributed by atoms with Crippen LogP contribution in [0.15, 0.2) is 46.8 Å². The first-order valence-electron chi connectivity index (χ1n) is 13.6. The van der Waals surface area contributed by atoms with Crippen molar-refractivity contribution in [2.24, 2.45) is 28.1 Å². The molecule has 0 amide bonds. The Morgan fingerprint density at radius 1 is 1.08 bits per heavy atom. The zero-order valence-corrected chi connectivity index (χ0v) is 24.1. The summed E-state index contributed by atoms with van der Waals surface area (Å²) in [5.41, 5.74) is -1.35. The highest BCUT2D eigenvalue weighted by Crippen LogP contribution is 2.67. The van der Waals surface area contributed by atoms with Crippen molar-refractivity contribution in [1.82, 2.24) is 0 Å². The Hall–Kier alpha value is -2.23. The van der Waals surface area contributed by atoms with Crippen LogP contribution in [0.1, 0.15) is 101 Å². The predicted molar refractivity (Wildman–Crippen MR) is 145 cm³/mol. The molecule has 0 radical (unpaired) electrons. The van der Waals surface area contributed by atoms with Crippen LogP contribution in [0, 0.1) is 28.1 Å². The van der Waals surface area contributed by atoms with E-state index < -0.39 is 21.8 Å². The maximum atomic E-state index is 14.8. The van der Waals surface area contributed by atoms with E-state index in [-0.39, 0.29) is 29.2 Å². The maximum Gasteiger partial charge on any atom is 0.187 e. The van der Waals surface area contributed by atoms with Crippen LogP contribution in [0.5, 0.6) is 0 Å². The van der Waals surface area contributed by atoms with Crippen molar-refractivity contribution < 1.29 is 19.1 Å². The highest BCUT2D eigenvalue weighted by atomic mass is 16.5. The number of hydrogen-bond donors (Lipinski definition) is 0. The SMILES string of the molecule is CC[C@@H](C)C(=O)[C@]12C(=O)C3=C(OC(C)(C)C=C3)[C@](C)(C[C@@H](CC=C(C)C)[C@]1(C)CCC=C(C)C)C2=O. The van der Waals surface area contributed by atoms with E-state index in [9.17, 15) is 14.4 Å². The van der Waals surface area contributed by atoms with Crippen molar-refractivity contribution in [2.45, 2.75) is 107 Å². The molecule has 4 nitrogen and oxygen atoms in total. The van der Waals surface area contributed by atoms with E-state index in [1.54, 1.807) is 0 Å². The van der Waals surface area contributed by atoms with E-state index in [4.69, 9.17) is 4.74 Å². The van der Waals surface area contributed by atoms with Gasteiger partial charge >= 0.3 is 0 Å². The van der Waals surface area contributed by atoms with Crippen molar-refractivity contribution in [3.05, 3.63) is 46.8 Å². The minimum Gasteiger partial charge on any atom is -0.486 e. The molecule has 0 aromatic carbocycles. The molecular formula is C32H46O4. The van der Waals surface area contributed by atoms with Gasteiger partial charge in [0.15, 0.2) is 22.8 Å². The molecule has 0 saturated heterocycles. The second-order valence-electron chi connectivity index (χ2n) is 12.9. The smallest absolute Gasteiger partial charge is 0.187 e. The van der Waals surface area contributed by atoms with E-state index in [2.05, 4.69) is 39.8 Å². The minimum atomic E-state index is -1.71. The molecule has 1 fully saturated rings. The molecule has 0 aromatic heterocycles. The summed E-state index contributed by atoms with van der Waals surface area (Å²) < 4.78 is 6.39. The molecule has 2 bridgehead atoms. The molecule has 2 aliphatic carbocycles. The number of fused-ring (bicyclic) bond motifs is 3. The monoisotopic (exact) mass is 494 g/mol. The summed E-state index contributed by atoms with van der Waals surface area (Å²) in [6.45, 7) is 19.9. The zero-order valence-electron chi connectivity index (χ0n) is 24.1. The van der Waals surface area contributed by atoms with Gasteiger partial charge in [0.25, 0.3) is 0 Å². The summed E-state index contributed by atoms with van der Waals surface area (Å²) in [5, 5.41) is 0. The van der Waals surface area contributed by atoms with E-state index in [0.29, 0.717) is 30.6 Å². The molecule has 4 heteroatoms. The normalized spacial score (nSPS) is 33.4. The van der Waals surface area contributed by atoms with Gasteiger partial charge in [0.2, 0.25) is 0 Å². The van der Waals surface area contributed by atoms with Crippen LogP contribution in [0.4, 0.5) is 0 Å². The first kappa shape index (κ1) is 28.3. The molecule has 198 valence electrons. The summed E-state index contributed by atoms with van der Waals surface area (Å²) in [6.07, 6.45) is 11.3. The van der Waals surface area contributed by atoms with Gasteiger partial charge in [-0.25, -0.2) is 0 Å². The van der Waals surface area contributed by atoms with E-state index in [1.807, 2.05) is 53.7 Å². The largest absolute Gasteiger partial charge is 0.486 e. The van der Waals surface area contributed by atoms with Crippen LogP contribution in [-0.4, -0.2) is 23.0 Å². The molecule has 1 heterocycles. The number of carbonyl (C=O) groups excluding carboxylic acids is 3. The third-order valence-electron chi connectivity index (χ3n) is 9.06. The fourth-order valence-electron chi connectivity index (χ4n) is 6.68. The quantitative estimate of drug-likeness (QED) is 0.259. The number of carbonyl (C=O) groups is 3. The van der Waals surface area contributed by atoms with Crippen LogP contribution in [0.2, 0.25) is 0 Å². The molecule has 3 rings (SSSR count). The van der Waals surface area contributed by atoms with Gasteiger partial charge in [-0.2, -0.15) is 0 Å². The molecule has 1 saturated carbocycles. The second-order valence-corrected chi connectivity index (χ2v) is 12.9. The molecule has 0 aromatic rings. The van der Waals surface area contributed by atoms with Crippen molar-refractivity contribution in [3.8, 4) is 0 Å². The number of ketones is 3. The summed E-state index contributed by atoms with van der Waals surface area (Å²) in [5.74, 6) is -0.755. The van der Waals surface area contributed by atoms with Gasteiger partial charge in [0, 0.05) is 5.92 Å². The van der Waals surface area contributed by atoms with E-state index >= 15 is 0 Å². The Morgan fingerprint density at radius 3 is 2.25 bits per heavy atom. The number of hydrogen-bond acceptors (Lipinski definition) is 4. The Kier molecular flexibility index (Phi) is 7.54. The zero-order chi connectivity index (χ0) is 27.3. The summed E-state index contributed by atoms with van der Waals surface area (Å²) in [6, 6.07) is 0. The number of rotatable bonds is 8. The van der Waals surface area contributed by atoms with Gasteiger partial charge < -0.3 is 4.74 Å².